The van der Waals surface area contributed by atoms with E-state index in [0.717, 1.165) is 48.6 Å². The molecule has 0 radical (unpaired) electrons. The second-order valence-electron chi connectivity index (χ2n) is 6.14. The Morgan fingerprint density at radius 1 is 1.36 bits per heavy atom. The van der Waals surface area contributed by atoms with Crippen molar-refractivity contribution in [2.75, 3.05) is 6.54 Å². The molecule has 2 N–H and O–H groups in total. The molecule has 1 fully saturated rings. The zero-order valence-corrected chi connectivity index (χ0v) is 12.3. The lowest BCUT2D eigenvalue weighted by Gasteiger charge is -2.26. The smallest absolute Gasteiger partial charge is 0.255 e. The van der Waals surface area contributed by atoms with E-state index in [2.05, 4.69) is 14.9 Å². The van der Waals surface area contributed by atoms with E-state index in [1.54, 1.807) is 6.07 Å². The van der Waals surface area contributed by atoms with Gasteiger partial charge in [0, 0.05) is 25.4 Å². The molecule has 1 aliphatic heterocycles. The summed E-state index contributed by atoms with van der Waals surface area (Å²) in [4.78, 5) is 22.1. The second-order valence-corrected chi connectivity index (χ2v) is 6.14. The van der Waals surface area contributed by atoms with Crippen molar-refractivity contribution in [2.24, 2.45) is 0 Å². The van der Waals surface area contributed by atoms with E-state index in [4.69, 9.17) is 9.52 Å². The first-order chi connectivity index (χ1) is 10.7. The molecule has 6 nitrogen and oxygen atoms in total. The van der Waals surface area contributed by atoms with E-state index in [0.29, 0.717) is 24.8 Å². The highest BCUT2D eigenvalue weighted by molar-refractivity contribution is 5.23. The highest BCUT2D eigenvalue weighted by Gasteiger charge is 2.29. The van der Waals surface area contributed by atoms with Gasteiger partial charge in [-0.1, -0.05) is 0 Å². The number of hydrogen-bond acceptors (Lipinski definition) is 5. The van der Waals surface area contributed by atoms with Crippen LogP contribution in [0.4, 0.5) is 0 Å². The van der Waals surface area contributed by atoms with E-state index in [1.165, 1.54) is 0 Å². The van der Waals surface area contributed by atoms with Crippen LogP contribution in [0.15, 0.2) is 21.3 Å². The molecule has 2 aromatic rings. The van der Waals surface area contributed by atoms with Crippen LogP contribution in [0, 0.1) is 0 Å². The molecule has 6 heteroatoms. The van der Waals surface area contributed by atoms with Gasteiger partial charge in [-0.15, -0.1) is 0 Å². The molecule has 0 bridgehead atoms. The standard InChI is InChI=1S/C16H19N3O3/c20-9-12-4-3-11(22-12)7-19-6-5-14-13(8-19)16(21)18-15(17-14)10-1-2-10/h3-4,10,20H,1-2,5-9H2,(H,17,18,21). The zero-order chi connectivity index (χ0) is 15.1. The summed E-state index contributed by atoms with van der Waals surface area (Å²) in [5.41, 5.74) is 1.74. The third-order valence-corrected chi connectivity index (χ3v) is 4.38. The number of rotatable bonds is 4. The number of aliphatic hydroxyl groups is 1. The number of fused-ring (bicyclic) bond motifs is 1. The number of nitrogens with zero attached hydrogens (tertiary/aromatic N) is 2. The number of hydrogen-bond donors (Lipinski definition) is 2. The molecule has 0 spiro atoms. The zero-order valence-electron chi connectivity index (χ0n) is 12.3. The second kappa shape index (κ2) is 5.37. The molecule has 1 aliphatic carbocycles. The number of nitrogens with one attached hydrogen (secondary N) is 1. The minimum Gasteiger partial charge on any atom is -0.462 e. The number of aromatic amines is 1. The van der Waals surface area contributed by atoms with Crippen molar-refractivity contribution < 1.29 is 9.52 Å². The van der Waals surface area contributed by atoms with E-state index >= 15 is 0 Å². The third-order valence-electron chi connectivity index (χ3n) is 4.38. The number of furan rings is 1. The normalized spacial score (nSPS) is 18.4. The Morgan fingerprint density at radius 2 is 2.18 bits per heavy atom. The lowest BCUT2D eigenvalue weighted by Crippen LogP contribution is -2.35. The molecule has 2 aliphatic rings. The van der Waals surface area contributed by atoms with Crippen molar-refractivity contribution in [1.29, 1.82) is 0 Å². The minimum absolute atomic E-state index is 0.00657. The van der Waals surface area contributed by atoms with Crippen molar-refractivity contribution in [3.63, 3.8) is 0 Å². The average molecular weight is 301 g/mol. The largest absolute Gasteiger partial charge is 0.462 e. The predicted molar refractivity (Wildman–Crippen MR) is 79.3 cm³/mol. The van der Waals surface area contributed by atoms with E-state index in [9.17, 15) is 4.79 Å². The van der Waals surface area contributed by atoms with Crippen molar-refractivity contribution in [3.8, 4) is 0 Å². The van der Waals surface area contributed by atoms with Gasteiger partial charge in [0.25, 0.3) is 5.56 Å². The van der Waals surface area contributed by atoms with Crippen molar-refractivity contribution >= 4 is 0 Å². The maximum Gasteiger partial charge on any atom is 0.255 e. The Labute approximate surface area is 127 Å². The van der Waals surface area contributed by atoms with Crippen LogP contribution in [-0.4, -0.2) is 26.5 Å². The quantitative estimate of drug-likeness (QED) is 0.889. The minimum atomic E-state index is -0.0869. The van der Waals surface area contributed by atoms with Crippen LogP contribution in [0.25, 0.3) is 0 Å². The van der Waals surface area contributed by atoms with Crippen molar-refractivity contribution in [1.82, 2.24) is 14.9 Å². The molecule has 3 heterocycles. The topological polar surface area (TPSA) is 82.4 Å². The summed E-state index contributed by atoms with van der Waals surface area (Å²) < 4.78 is 5.52. The third kappa shape index (κ3) is 2.60. The van der Waals surface area contributed by atoms with Gasteiger partial charge in [0.2, 0.25) is 0 Å². The van der Waals surface area contributed by atoms with Crippen molar-refractivity contribution in [3.05, 3.63) is 51.1 Å². The first-order valence-electron chi connectivity index (χ1n) is 7.75. The van der Waals surface area contributed by atoms with Crippen LogP contribution >= 0.6 is 0 Å². The first kappa shape index (κ1) is 13.7. The number of aliphatic hydroxyl groups excluding tert-OH is 1. The summed E-state index contributed by atoms with van der Waals surface area (Å²) in [5, 5.41) is 9.04. The van der Waals surface area contributed by atoms with Gasteiger partial charge in [0.1, 0.15) is 24.0 Å². The van der Waals surface area contributed by atoms with Crippen LogP contribution < -0.4 is 5.56 Å². The molecule has 0 atom stereocenters. The summed E-state index contributed by atoms with van der Waals surface area (Å²) in [7, 11) is 0. The summed E-state index contributed by atoms with van der Waals surface area (Å²) in [6.45, 7) is 2.01. The maximum atomic E-state index is 12.3. The number of H-pyrrole nitrogens is 1. The van der Waals surface area contributed by atoms with E-state index < -0.39 is 0 Å². The van der Waals surface area contributed by atoms with Crippen LogP contribution in [0.2, 0.25) is 0 Å². The van der Waals surface area contributed by atoms with Gasteiger partial charge in [-0.2, -0.15) is 0 Å². The Kier molecular flexibility index (Phi) is 3.35. The first-order valence-corrected chi connectivity index (χ1v) is 7.75. The van der Waals surface area contributed by atoms with Gasteiger partial charge < -0.3 is 14.5 Å². The lowest BCUT2D eigenvalue weighted by molar-refractivity contribution is 0.206. The molecular formula is C16H19N3O3. The van der Waals surface area contributed by atoms with Crippen LogP contribution in [0.5, 0.6) is 0 Å². The SMILES string of the molecule is O=c1[nH]c(C2CC2)nc2c1CN(Cc1ccc(CO)o1)CC2. The Morgan fingerprint density at radius 3 is 2.91 bits per heavy atom. The summed E-state index contributed by atoms with van der Waals surface area (Å²) in [6, 6.07) is 3.66. The highest BCUT2D eigenvalue weighted by atomic mass is 16.4. The molecule has 4 rings (SSSR count). The van der Waals surface area contributed by atoms with Crippen LogP contribution in [0.3, 0.4) is 0 Å². The van der Waals surface area contributed by atoms with Gasteiger partial charge in [-0.3, -0.25) is 9.69 Å². The molecule has 2 aromatic heterocycles. The maximum absolute atomic E-state index is 12.3. The predicted octanol–water partition coefficient (Wildman–Crippen LogP) is 1.29. The fourth-order valence-corrected chi connectivity index (χ4v) is 3.00. The summed E-state index contributed by atoms with van der Waals surface area (Å²) in [5.74, 6) is 2.72. The van der Waals surface area contributed by atoms with Gasteiger partial charge in [-0.25, -0.2) is 4.98 Å². The summed E-state index contributed by atoms with van der Waals surface area (Å²) in [6.07, 6.45) is 3.08. The Hall–Kier alpha value is -1.92. The molecule has 22 heavy (non-hydrogen) atoms. The lowest BCUT2D eigenvalue weighted by atomic mass is 10.1. The van der Waals surface area contributed by atoms with Gasteiger partial charge in [0.15, 0.2) is 0 Å². The Balaban J connectivity index is 1.52. The fourth-order valence-electron chi connectivity index (χ4n) is 3.00. The molecule has 116 valence electrons. The van der Waals surface area contributed by atoms with Gasteiger partial charge in [0.05, 0.1) is 17.8 Å². The van der Waals surface area contributed by atoms with Gasteiger partial charge >= 0.3 is 0 Å². The van der Waals surface area contributed by atoms with Crippen molar-refractivity contribution in [2.45, 2.75) is 44.9 Å². The molecule has 0 amide bonds. The highest BCUT2D eigenvalue weighted by Crippen LogP contribution is 2.37. The molecule has 0 saturated heterocycles. The monoisotopic (exact) mass is 301 g/mol. The summed E-state index contributed by atoms with van der Waals surface area (Å²) >= 11 is 0. The average Bonchev–Trinajstić information content (AvgIpc) is 3.28. The van der Waals surface area contributed by atoms with Crippen LogP contribution in [0.1, 0.15) is 47.4 Å². The Bertz CT molecular complexity index is 745. The van der Waals surface area contributed by atoms with Crippen LogP contribution in [-0.2, 0) is 26.1 Å². The van der Waals surface area contributed by atoms with Gasteiger partial charge in [-0.05, 0) is 25.0 Å². The number of aromatic nitrogens is 2. The molecule has 1 saturated carbocycles. The van der Waals surface area contributed by atoms with E-state index in [-0.39, 0.29) is 12.2 Å². The molecule has 0 aromatic carbocycles. The molecular weight excluding hydrogens is 282 g/mol. The fraction of sp³-hybridized carbons (Fsp3) is 0.500. The molecule has 0 unspecified atom stereocenters. The van der Waals surface area contributed by atoms with E-state index in [1.807, 2.05) is 6.07 Å².